The molecule has 0 bridgehead atoms. The molecule has 0 saturated carbocycles. The molecular formula is C27H31F3N6O4S. The Kier molecular flexibility index (Phi) is 8.08. The third-order valence-corrected chi connectivity index (χ3v) is 8.94. The topological polar surface area (TPSA) is 105 Å². The third kappa shape index (κ3) is 6.39. The van der Waals surface area contributed by atoms with Gasteiger partial charge in [-0.3, -0.25) is 19.7 Å². The first-order valence-corrected chi connectivity index (χ1v) is 15.2. The van der Waals surface area contributed by atoms with E-state index in [0.717, 1.165) is 55.7 Å². The van der Waals surface area contributed by atoms with Crippen LogP contribution >= 0.6 is 0 Å². The standard InChI is InChI=1S/C27H31F3N6O4S/c1-41(39,40)34-14-11-23-22(19-34)26(20-7-9-21(10-8-20)27(28,29)30)31-35(23)13-4-12-32-15-17-33(18-16-32)24-5-2-3-6-25(24)36(37)38/h2-3,5-10H,4,11-19H2,1H3. The van der Waals surface area contributed by atoms with E-state index in [1.807, 2.05) is 9.58 Å². The van der Waals surface area contributed by atoms with E-state index in [0.29, 0.717) is 49.5 Å². The lowest BCUT2D eigenvalue weighted by Gasteiger charge is -2.35. The number of piperazine rings is 1. The first kappa shape index (κ1) is 29.0. The molecule has 0 N–H and O–H groups in total. The number of fused-ring (bicyclic) bond motifs is 1. The molecular weight excluding hydrogens is 561 g/mol. The zero-order valence-corrected chi connectivity index (χ0v) is 23.4. The first-order chi connectivity index (χ1) is 19.4. The van der Waals surface area contributed by atoms with E-state index < -0.39 is 21.8 Å². The van der Waals surface area contributed by atoms with Crippen LogP contribution in [0, 0.1) is 10.1 Å². The van der Waals surface area contributed by atoms with E-state index >= 15 is 0 Å². The van der Waals surface area contributed by atoms with Crippen molar-refractivity contribution in [2.75, 3.05) is 50.4 Å². The van der Waals surface area contributed by atoms with Crippen molar-refractivity contribution in [1.82, 2.24) is 19.0 Å². The zero-order valence-electron chi connectivity index (χ0n) is 22.5. The summed E-state index contributed by atoms with van der Waals surface area (Å²) in [5.41, 5.74) is 2.60. The average Bonchev–Trinajstić information content (AvgIpc) is 3.30. The number of halogens is 3. The van der Waals surface area contributed by atoms with Crippen molar-refractivity contribution in [3.05, 3.63) is 75.5 Å². The van der Waals surface area contributed by atoms with E-state index in [2.05, 4.69) is 4.90 Å². The molecule has 0 unspecified atom stereocenters. The van der Waals surface area contributed by atoms with Gasteiger partial charge in [0.25, 0.3) is 5.69 Å². The molecule has 0 amide bonds. The molecule has 1 aromatic heterocycles. The normalized spacial score (nSPS) is 17.0. The first-order valence-electron chi connectivity index (χ1n) is 13.3. The minimum Gasteiger partial charge on any atom is -0.363 e. The van der Waals surface area contributed by atoms with Crippen molar-refractivity contribution in [2.24, 2.45) is 0 Å². The number of hydrogen-bond donors (Lipinski definition) is 0. The summed E-state index contributed by atoms with van der Waals surface area (Å²) < 4.78 is 67.0. The molecule has 1 saturated heterocycles. The number of rotatable bonds is 8. The van der Waals surface area contributed by atoms with E-state index in [1.54, 1.807) is 18.2 Å². The lowest BCUT2D eigenvalue weighted by atomic mass is 10.0. The Morgan fingerprint density at radius 1 is 0.976 bits per heavy atom. The van der Waals surface area contributed by atoms with Crippen molar-refractivity contribution in [2.45, 2.75) is 32.1 Å². The summed E-state index contributed by atoms with van der Waals surface area (Å²) in [4.78, 5) is 15.4. The maximum atomic E-state index is 13.1. The number of nitro groups is 1. The molecule has 14 heteroatoms. The predicted molar refractivity (Wildman–Crippen MR) is 148 cm³/mol. The van der Waals surface area contributed by atoms with Crippen molar-refractivity contribution in [3.63, 3.8) is 0 Å². The van der Waals surface area contributed by atoms with Gasteiger partial charge in [-0.25, -0.2) is 8.42 Å². The fourth-order valence-electron chi connectivity index (χ4n) is 5.53. The molecule has 2 aliphatic heterocycles. The summed E-state index contributed by atoms with van der Waals surface area (Å²) >= 11 is 0. The molecule has 5 rings (SSSR count). The van der Waals surface area contributed by atoms with Gasteiger partial charge >= 0.3 is 6.18 Å². The lowest BCUT2D eigenvalue weighted by Crippen LogP contribution is -2.47. The predicted octanol–water partition coefficient (Wildman–Crippen LogP) is 4.01. The number of anilines is 1. The van der Waals surface area contributed by atoms with Crippen LogP contribution in [0.25, 0.3) is 11.3 Å². The maximum absolute atomic E-state index is 13.1. The molecule has 1 fully saturated rings. The fourth-order valence-corrected chi connectivity index (χ4v) is 6.31. The van der Waals surface area contributed by atoms with Crippen molar-refractivity contribution < 1.29 is 26.5 Å². The number of hydrogen-bond acceptors (Lipinski definition) is 7. The maximum Gasteiger partial charge on any atom is 0.416 e. The molecule has 2 aromatic carbocycles. The second kappa shape index (κ2) is 11.4. The van der Waals surface area contributed by atoms with Crippen LogP contribution in [0.3, 0.4) is 0 Å². The van der Waals surface area contributed by atoms with Crippen LogP contribution in [-0.2, 0) is 35.7 Å². The van der Waals surface area contributed by atoms with Crippen LogP contribution in [0.5, 0.6) is 0 Å². The average molecular weight is 593 g/mol. The molecule has 3 heterocycles. The second-order valence-corrected chi connectivity index (χ2v) is 12.3. The summed E-state index contributed by atoms with van der Waals surface area (Å²) in [6, 6.07) is 11.5. The van der Waals surface area contributed by atoms with Gasteiger partial charge in [-0.05, 0) is 24.6 Å². The van der Waals surface area contributed by atoms with Gasteiger partial charge in [-0.2, -0.15) is 22.6 Å². The molecule has 0 radical (unpaired) electrons. The van der Waals surface area contributed by atoms with Crippen LogP contribution in [0.2, 0.25) is 0 Å². The minimum absolute atomic E-state index is 0.0997. The van der Waals surface area contributed by atoms with Crippen molar-refractivity contribution in [1.29, 1.82) is 0 Å². The second-order valence-electron chi connectivity index (χ2n) is 10.3. The van der Waals surface area contributed by atoms with E-state index in [1.165, 1.54) is 22.5 Å². The van der Waals surface area contributed by atoms with Gasteiger partial charge < -0.3 is 4.90 Å². The van der Waals surface area contributed by atoms with Gasteiger partial charge in [0.15, 0.2) is 0 Å². The zero-order chi connectivity index (χ0) is 29.4. The van der Waals surface area contributed by atoms with Crippen LogP contribution in [-0.4, -0.2) is 77.9 Å². The van der Waals surface area contributed by atoms with Crippen LogP contribution in [0.4, 0.5) is 24.5 Å². The number of alkyl halides is 3. The third-order valence-electron chi connectivity index (χ3n) is 7.69. The molecule has 220 valence electrons. The van der Waals surface area contributed by atoms with E-state index in [4.69, 9.17) is 5.10 Å². The Labute approximate surface area is 236 Å². The summed E-state index contributed by atoms with van der Waals surface area (Å²) in [6.07, 6.45) is -2.08. The van der Waals surface area contributed by atoms with Gasteiger partial charge in [0.2, 0.25) is 10.0 Å². The van der Waals surface area contributed by atoms with E-state index in [9.17, 15) is 31.7 Å². The summed E-state index contributed by atoms with van der Waals surface area (Å²) in [5.74, 6) is 0. The fraction of sp³-hybridized carbons (Fsp3) is 0.444. The van der Waals surface area contributed by atoms with Crippen LogP contribution in [0.15, 0.2) is 48.5 Å². The highest BCUT2D eigenvalue weighted by Gasteiger charge is 2.32. The van der Waals surface area contributed by atoms with Crippen molar-refractivity contribution >= 4 is 21.4 Å². The lowest BCUT2D eigenvalue weighted by molar-refractivity contribution is -0.384. The van der Waals surface area contributed by atoms with Gasteiger partial charge in [-0.1, -0.05) is 24.3 Å². The quantitative estimate of drug-likeness (QED) is 0.288. The number of nitro benzene ring substituents is 1. The molecule has 41 heavy (non-hydrogen) atoms. The largest absolute Gasteiger partial charge is 0.416 e. The molecule has 3 aromatic rings. The molecule has 2 aliphatic rings. The Hall–Kier alpha value is -3.49. The molecule has 10 nitrogen and oxygen atoms in total. The Bertz CT molecular complexity index is 1520. The number of para-hydroxylation sites is 2. The van der Waals surface area contributed by atoms with Gasteiger partial charge in [0.1, 0.15) is 5.69 Å². The molecule has 0 atom stereocenters. The van der Waals surface area contributed by atoms with Gasteiger partial charge in [0, 0.05) is 81.7 Å². The van der Waals surface area contributed by atoms with Crippen LogP contribution in [0.1, 0.15) is 23.2 Å². The van der Waals surface area contributed by atoms with Crippen LogP contribution < -0.4 is 4.90 Å². The Morgan fingerprint density at radius 3 is 2.29 bits per heavy atom. The number of aryl methyl sites for hydroxylation is 1. The number of aromatic nitrogens is 2. The Balaban J connectivity index is 1.27. The number of nitrogens with zero attached hydrogens (tertiary/aromatic N) is 6. The summed E-state index contributed by atoms with van der Waals surface area (Å²) in [5, 5.41) is 16.2. The highest BCUT2D eigenvalue weighted by Crippen LogP contribution is 2.34. The van der Waals surface area contributed by atoms with Crippen molar-refractivity contribution in [3.8, 4) is 11.3 Å². The Morgan fingerprint density at radius 2 is 1.66 bits per heavy atom. The monoisotopic (exact) mass is 592 g/mol. The van der Waals surface area contributed by atoms with E-state index in [-0.39, 0.29) is 17.2 Å². The number of sulfonamides is 1. The summed E-state index contributed by atoms with van der Waals surface area (Å²) in [7, 11) is -3.45. The smallest absolute Gasteiger partial charge is 0.363 e. The highest BCUT2D eigenvalue weighted by molar-refractivity contribution is 7.88. The van der Waals surface area contributed by atoms with Gasteiger partial charge in [-0.15, -0.1) is 0 Å². The summed E-state index contributed by atoms with van der Waals surface area (Å²) in [6.45, 7) is 4.64. The molecule has 0 spiro atoms. The minimum atomic E-state index is -4.45. The highest BCUT2D eigenvalue weighted by atomic mass is 32.2. The molecule has 0 aliphatic carbocycles. The SMILES string of the molecule is CS(=O)(=O)N1CCc2c(c(-c3ccc(C(F)(F)F)cc3)nn2CCCN2CCN(c3ccccc3[N+](=O)[O-])CC2)C1. The van der Waals surface area contributed by atoms with Gasteiger partial charge in [0.05, 0.1) is 22.4 Å². The number of benzene rings is 2.